The van der Waals surface area contributed by atoms with E-state index >= 15 is 0 Å². The molecule has 3 amide bonds. The van der Waals surface area contributed by atoms with Crippen LogP contribution in [0.25, 0.3) is 0 Å². The van der Waals surface area contributed by atoms with Crippen molar-refractivity contribution < 1.29 is 19.1 Å². The van der Waals surface area contributed by atoms with Gasteiger partial charge in [-0.15, -0.1) is 0 Å². The number of benzene rings is 2. The molecule has 2 aromatic carbocycles. The fraction of sp³-hybridized carbons (Fsp3) is 0.318. The third-order valence-corrected chi connectivity index (χ3v) is 5.76. The van der Waals surface area contributed by atoms with Gasteiger partial charge in [0.15, 0.2) is 0 Å². The first-order valence-corrected chi connectivity index (χ1v) is 10.0. The van der Waals surface area contributed by atoms with Gasteiger partial charge in [-0.05, 0) is 49.2 Å². The van der Waals surface area contributed by atoms with E-state index in [2.05, 4.69) is 5.32 Å². The summed E-state index contributed by atoms with van der Waals surface area (Å²) in [6.45, 7) is 0. The van der Waals surface area contributed by atoms with Crippen molar-refractivity contribution >= 4 is 35.0 Å². The summed E-state index contributed by atoms with van der Waals surface area (Å²) in [7, 11) is 1.50. The number of carbonyl (C=O) groups excluding carboxylic acids is 3. The number of imide groups is 1. The molecule has 0 saturated heterocycles. The fourth-order valence-electron chi connectivity index (χ4n) is 4.04. The van der Waals surface area contributed by atoms with Crippen LogP contribution in [0.5, 0.6) is 5.75 Å². The Bertz CT molecular complexity index is 998. The molecule has 1 aliphatic heterocycles. The summed E-state index contributed by atoms with van der Waals surface area (Å²) < 4.78 is 5.24. The van der Waals surface area contributed by atoms with E-state index in [0.29, 0.717) is 22.0 Å². The molecular formula is C22H21ClN2O4. The van der Waals surface area contributed by atoms with Gasteiger partial charge in [-0.2, -0.15) is 0 Å². The summed E-state index contributed by atoms with van der Waals surface area (Å²) in [5.41, 5.74) is 1.36. The molecule has 1 heterocycles. The average Bonchev–Trinajstić information content (AvgIpc) is 2.98. The Balaban J connectivity index is 1.59. The predicted octanol–water partition coefficient (Wildman–Crippen LogP) is 4.53. The SMILES string of the molecule is COc1ccc(Cl)cc1NC(=O)c1ccc2c(c1)C(=O)N(C1CCCCC1)C2=O. The van der Waals surface area contributed by atoms with Crippen molar-refractivity contribution in [2.45, 2.75) is 38.1 Å². The third-order valence-electron chi connectivity index (χ3n) is 5.53. The molecule has 0 bridgehead atoms. The molecule has 150 valence electrons. The molecule has 1 fully saturated rings. The van der Waals surface area contributed by atoms with Crippen molar-refractivity contribution in [2.75, 3.05) is 12.4 Å². The van der Waals surface area contributed by atoms with E-state index < -0.39 is 5.91 Å². The van der Waals surface area contributed by atoms with Crippen LogP contribution in [0.1, 0.15) is 63.2 Å². The van der Waals surface area contributed by atoms with Gasteiger partial charge in [-0.3, -0.25) is 19.3 Å². The lowest BCUT2D eigenvalue weighted by Gasteiger charge is -2.29. The number of rotatable bonds is 4. The van der Waals surface area contributed by atoms with Gasteiger partial charge in [0.05, 0.1) is 23.9 Å². The molecule has 2 aliphatic rings. The van der Waals surface area contributed by atoms with Crippen molar-refractivity contribution in [3.63, 3.8) is 0 Å². The molecule has 0 atom stereocenters. The van der Waals surface area contributed by atoms with Gasteiger partial charge < -0.3 is 10.1 Å². The minimum absolute atomic E-state index is 0.0517. The van der Waals surface area contributed by atoms with Gasteiger partial charge >= 0.3 is 0 Å². The summed E-state index contributed by atoms with van der Waals surface area (Å²) in [5.74, 6) is -0.518. The summed E-state index contributed by atoms with van der Waals surface area (Å²) >= 11 is 6.01. The van der Waals surface area contributed by atoms with Gasteiger partial charge in [0.2, 0.25) is 0 Å². The van der Waals surface area contributed by atoms with E-state index in [1.807, 2.05) is 0 Å². The normalized spacial score (nSPS) is 16.7. The number of hydrogen-bond donors (Lipinski definition) is 1. The summed E-state index contributed by atoms with van der Waals surface area (Å²) in [4.78, 5) is 39.8. The number of hydrogen-bond acceptors (Lipinski definition) is 4. The highest BCUT2D eigenvalue weighted by molar-refractivity contribution is 6.31. The Morgan fingerprint density at radius 2 is 1.76 bits per heavy atom. The number of anilines is 1. The second kappa shape index (κ2) is 7.87. The Labute approximate surface area is 173 Å². The summed E-state index contributed by atoms with van der Waals surface area (Å²) in [6.07, 6.45) is 4.86. The van der Waals surface area contributed by atoms with Crippen LogP contribution in [0.3, 0.4) is 0 Å². The average molecular weight is 413 g/mol. The number of nitrogens with zero attached hydrogens (tertiary/aromatic N) is 1. The molecule has 1 aliphatic carbocycles. The van der Waals surface area contributed by atoms with E-state index in [0.717, 1.165) is 32.1 Å². The number of nitrogens with one attached hydrogen (secondary N) is 1. The van der Waals surface area contributed by atoms with E-state index in [-0.39, 0.29) is 29.0 Å². The van der Waals surface area contributed by atoms with Gasteiger partial charge in [-0.1, -0.05) is 30.9 Å². The zero-order valence-electron chi connectivity index (χ0n) is 16.0. The second-order valence-corrected chi connectivity index (χ2v) is 7.77. The van der Waals surface area contributed by atoms with Crippen molar-refractivity contribution in [3.05, 3.63) is 58.1 Å². The van der Waals surface area contributed by atoms with Crippen molar-refractivity contribution in [1.29, 1.82) is 0 Å². The third kappa shape index (κ3) is 3.60. The molecule has 6 nitrogen and oxygen atoms in total. The molecule has 1 N–H and O–H groups in total. The number of ether oxygens (including phenoxy) is 1. The quantitative estimate of drug-likeness (QED) is 0.748. The van der Waals surface area contributed by atoms with Crippen LogP contribution in [0, 0.1) is 0 Å². The Hall–Kier alpha value is -2.86. The van der Waals surface area contributed by atoms with Crippen molar-refractivity contribution in [1.82, 2.24) is 4.90 Å². The lowest BCUT2D eigenvalue weighted by Crippen LogP contribution is -2.40. The summed E-state index contributed by atoms with van der Waals surface area (Å²) in [6, 6.07) is 9.46. The second-order valence-electron chi connectivity index (χ2n) is 7.33. The lowest BCUT2D eigenvalue weighted by atomic mass is 9.94. The monoisotopic (exact) mass is 412 g/mol. The maximum Gasteiger partial charge on any atom is 0.261 e. The smallest absolute Gasteiger partial charge is 0.261 e. The van der Waals surface area contributed by atoms with Crippen LogP contribution >= 0.6 is 11.6 Å². The number of amides is 3. The maximum absolute atomic E-state index is 12.9. The molecule has 0 radical (unpaired) electrons. The number of fused-ring (bicyclic) bond motifs is 1. The molecular weight excluding hydrogens is 392 g/mol. The largest absolute Gasteiger partial charge is 0.495 e. The molecule has 7 heteroatoms. The van der Waals surface area contributed by atoms with Gasteiger partial charge in [0, 0.05) is 16.6 Å². The topological polar surface area (TPSA) is 75.7 Å². The van der Waals surface area contributed by atoms with Crippen LogP contribution in [0.2, 0.25) is 5.02 Å². The van der Waals surface area contributed by atoms with Crippen LogP contribution in [0.4, 0.5) is 5.69 Å². The zero-order valence-corrected chi connectivity index (χ0v) is 16.8. The van der Waals surface area contributed by atoms with Gasteiger partial charge in [-0.25, -0.2) is 0 Å². The molecule has 2 aromatic rings. The minimum atomic E-state index is -0.412. The Kier molecular flexibility index (Phi) is 5.28. The zero-order chi connectivity index (χ0) is 20.5. The molecule has 29 heavy (non-hydrogen) atoms. The first kappa shape index (κ1) is 19.5. The lowest BCUT2D eigenvalue weighted by molar-refractivity contribution is 0.0549. The van der Waals surface area contributed by atoms with E-state index in [1.54, 1.807) is 30.3 Å². The molecule has 0 unspecified atom stereocenters. The standard InChI is InChI=1S/C22H21ClN2O4/c1-29-19-10-8-14(23)12-18(19)24-20(26)13-7-9-16-17(11-13)22(28)25(21(16)27)15-5-3-2-4-6-15/h7-12,15H,2-6H2,1H3,(H,24,26). The van der Waals surface area contributed by atoms with Crippen LogP contribution in [-0.4, -0.2) is 35.8 Å². The number of carbonyl (C=O) groups is 3. The number of methoxy groups -OCH3 is 1. The minimum Gasteiger partial charge on any atom is -0.495 e. The van der Waals surface area contributed by atoms with E-state index in [4.69, 9.17) is 16.3 Å². The predicted molar refractivity (Wildman–Crippen MR) is 110 cm³/mol. The summed E-state index contributed by atoms with van der Waals surface area (Å²) in [5, 5.41) is 3.21. The van der Waals surface area contributed by atoms with Crippen molar-refractivity contribution in [3.8, 4) is 5.75 Å². The van der Waals surface area contributed by atoms with Crippen molar-refractivity contribution in [2.24, 2.45) is 0 Å². The molecule has 0 aromatic heterocycles. The van der Waals surface area contributed by atoms with E-state index in [9.17, 15) is 14.4 Å². The Morgan fingerprint density at radius 1 is 1.03 bits per heavy atom. The fourth-order valence-corrected chi connectivity index (χ4v) is 4.22. The van der Waals surface area contributed by atoms with Crippen LogP contribution in [-0.2, 0) is 0 Å². The first-order valence-electron chi connectivity index (χ1n) is 9.66. The van der Waals surface area contributed by atoms with Gasteiger partial charge in [0.1, 0.15) is 5.75 Å². The van der Waals surface area contributed by atoms with Crippen LogP contribution in [0.15, 0.2) is 36.4 Å². The number of halogens is 1. The molecule has 4 rings (SSSR count). The van der Waals surface area contributed by atoms with Crippen LogP contribution < -0.4 is 10.1 Å². The van der Waals surface area contributed by atoms with E-state index in [1.165, 1.54) is 18.1 Å². The highest BCUT2D eigenvalue weighted by Crippen LogP contribution is 2.32. The Morgan fingerprint density at radius 3 is 2.48 bits per heavy atom. The molecule has 0 spiro atoms. The maximum atomic E-state index is 12.9. The van der Waals surface area contributed by atoms with Gasteiger partial charge in [0.25, 0.3) is 17.7 Å². The highest BCUT2D eigenvalue weighted by Gasteiger charge is 2.40. The molecule has 1 saturated carbocycles. The first-order chi connectivity index (χ1) is 14.0. The highest BCUT2D eigenvalue weighted by atomic mass is 35.5.